The molecule has 1 saturated heterocycles. The summed E-state index contributed by atoms with van der Waals surface area (Å²) in [4.78, 5) is 34.0. The molecule has 14 nitrogen and oxygen atoms in total. The van der Waals surface area contributed by atoms with Crippen molar-refractivity contribution >= 4 is 50.1 Å². The molecule has 1 aliphatic rings. The second kappa shape index (κ2) is 10.7. The van der Waals surface area contributed by atoms with Crippen molar-refractivity contribution in [2.45, 2.75) is 19.0 Å². The Morgan fingerprint density at radius 3 is 2.57 bits per heavy atom. The molecule has 1 fully saturated rings. The van der Waals surface area contributed by atoms with Gasteiger partial charge in [0.1, 0.15) is 29.9 Å². The lowest BCUT2D eigenvalue weighted by Crippen LogP contribution is -2.71. The first kappa shape index (κ1) is 25.9. The van der Waals surface area contributed by atoms with Gasteiger partial charge in [0.25, 0.3) is 11.8 Å². The maximum Gasteiger partial charge on any atom is 0.362 e. The molecule has 0 bridgehead atoms. The first-order valence-corrected chi connectivity index (χ1v) is 12.3. The number of thiazole rings is 1. The second-order valence-corrected chi connectivity index (χ2v) is 9.32. The molecule has 188 valence electrons. The molecular formula is C19H23N7O7S2. The monoisotopic (exact) mass is 525 g/mol. The van der Waals surface area contributed by atoms with Gasteiger partial charge in [-0.05, 0) is 31.2 Å². The van der Waals surface area contributed by atoms with Gasteiger partial charge in [-0.25, -0.2) is 9.29 Å². The molecule has 2 heterocycles. The molecule has 0 saturated carbocycles. The van der Waals surface area contributed by atoms with Crippen molar-refractivity contribution in [3.8, 4) is 5.75 Å². The highest BCUT2D eigenvalue weighted by atomic mass is 32.2. The maximum atomic E-state index is 12.8. The van der Waals surface area contributed by atoms with E-state index in [9.17, 15) is 18.0 Å². The zero-order valence-electron chi connectivity index (χ0n) is 18.6. The molecule has 1 aromatic heterocycles. The third kappa shape index (κ3) is 6.03. The number of anilines is 1. The first-order valence-electron chi connectivity index (χ1n) is 10.0. The third-order valence-corrected chi connectivity index (χ3v) is 6.53. The number of nitrogens with zero attached hydrogens (tertiary/aromatic N) is 3. The van der Waals surface area contributed by atoms with E-state index in [1.54, 1.807) is 31.3 Å². The zero-order chi connectivity index (χ0) is 25.8. The highest BCUT2D eigenvalue weighted by Gasteiger charge is 2.51. The number of nitrogens with two attached hydrogens (primary N) is 1. The molecule has 2 amide bonds. The first-order chi connectivity index (χ1) is 16.5. The van der Waals surface area contributed by atoms with Gasteiger partial charge in [-0.3, -0.25) is 19.6 Å². The summed E-state index contributed by atoms with van der Waals surface area (Å²) in [5.74, 6) is -1.03. The van der Waals surface area contributed by atoms with Gasteiger partial charge in [0.2, 0.25) is 0 Å². The Morgan fingerprint density at radius 1 is 1.34 bits per heavy atom. The number of aromatic nitrogens is 1. The smallest absolute Gasteiger partial charge is 0.362 e. The van der Waals surface area contributed by atoms with E-state index in [0.717, 1.165) is 11.3 Å². The van der Waals surface area contributed by atoms with Crippen LogP contribution in [0.25, 0.3) is 0 Å². The van der Waals surface area contributed by atoms with E-state index in [0.29, 0.717) is 11.3 Å². The van der Waals surface area contributed by atoms with Crippen molar-refractivity contribution in [1.29, 1.82) is 5.41 Å². The van der Waals surface area contributed by atoms with Crippen LogP contribution in [0.15, 0.2) is 34.8 Å². The molecule has 1 aliphatic heterocycles. The average molecular weight is 526 g/mol. The number of amides is 2. The SMILES string of the molecule is CNC(=N)c1ccc(OCCO/N=C(\C(=O)NC2C(=O)N(S(=O)(=O)O)C2C)c2csc(N)n2)cc1. The van der Waals surface area contributed by atoms with Crippen LogP contribution in [0, 0.1) is 5.41 Å². The third-order valence-electron chi connectivity index (χ3n) is 4.84. The number of hydrogen-bond acceptors (Lipinski definition) is 11. The van der Waals surface area contributed by atoms with Crippen LogP contribution in [0.4, 0.5) is 5.13 Å². The predicted octanol–water partition coefficient (Wildman–Crippen LogP) is -0.412. The van der Waals surface area contributed by atoms with E-state index in [-0.39, 0.29) is 39.9 Å². The van der Waals surface area contributed by atoms with Crippen molar-refractivity contribution in [3.63, 3.8) is 0 Å². The van der Waals surface area contributed by atoms with Gasteiger partial charge in [0, 0.05) is 18.0 Å². The van der Waals surface area contributed by atoms with Crippen molar-refractivity contribution in [2.24, 2.45) is 5.16 Å². The Kier molecular flexibility index (Phi) is 7.88. The number of carbonyl (C=O) groups excluding carboxylic acids is 2. The summed E-state index contributed by atoms with van der Waals surface area (Å²) in [6, 6.07) is 4.62. The summed E-state index contributed by atoms with van der Waals surface area (Å²) in [6.45, 7) is 1.39. The summed E-state index contributed by atoms with van der Waals surface area (Å²) in [6.07, 6.45) is 0. The number of hydrogen-bond donors (Lipinski definition) is 5. The van der Waals surface area contributed by atoms with Crippen molar-refractivity contribution in [1.82, 2.24) is 19.9 Å². The van der Waals surface area contributed by atoms with Crippen LogP contribution in [0.1, 0.15) is 18.2 Å². The van der Waals surface area contributed by atoms with E-state index in [2.05, 4.69) is 20.8 Å². The zero-order valence-corrected chi connectivity index (χ0v) is 20.2. The van der Waals surface area contributed by atoms with Crippen LogP contribution < -0.4 is 21.1 Å². The lowest BCUT2D eigenvalue weighted by molar-refractivity contribution is -0.143. The van der Waals surface area contributed by atoms with E-state index in [4.69, 9.17) is 25.3 Å². The Bertz CT molecular complexity index is 1240. The molecule has 2 aromatic rings. The molecule has 35 heavy (non-hydrogen) atoms. The molecule has 2 atom stereocenters. The van der Waals surface area contributed by atoms with Gasteiger partial charge < -0.3 is 25.9 Å². The number of oxime groups is 1. The molecule has 0 spiro atoms. The number of nitrogens with one attached hydrogen (secondary N) is 3. The quantitative estimate of drug-likeness (QED) is 0.0676. The van der Waals surface area contributed by atoms with Crippen LogP contribution in [0.2, 0.25) is 0 Å². The van der Waals surface area contributed by atoms with Crippen LogP contribution in [0.3, 0.4) is 0 Å². The predicted molar refractivity (Wildman–Crippen MR) is 127 cm³/mol. The minimum absolute atomic E-state index is 0.0419. The Balaban J connectivity index is 1.60. The van der Waals surface area contributed by atoms with Crippen LogP contribution >= 0.6 is 11.3 Å². The number of ether oxygens (including phenoxy) is 1. The van der Waals surface area contributed by atoms with Crippen LogP contribution in [-0.4, -0.2) is 78.0 Å². The molecular weight excluding hydrogens is 502 g/mol. The lowest BCUT2D eigenvalue weighted by atomic mass is 10.0. The van der Waals surface area contributed by atoms with Gasteiger partial charge >= 0.3 is 10.3 Å². The van der Waals surface area contributed by atoms with E-state index in [1.165, 1.54) is 12.3 Å². The number of benzene rings is 1. The summed E-state index contributed by atoms with van der Waals surface area (Å²) in [7, 11) is -3.08. The number of amidine groups is 1. The fraction of sp³-hybridized carbons (Fsp3) is 0.316. The van der Waals surface area contributed by atoms with Gasteiger partial charge in [-0.2, -0.15) is 8.42 Å². The standard InChI is InChI=1S/C19H23N7O7S2/c1-10-14(18(28)26(10)35(29,30)31)24-17(27)15(13-9-34-19(21)23-13)25-33-8-7-32-12-5-3-11(4-6-12)16(20)22-2/h3-6,9-10,14H,7-8H2,1-2H3,(H2,20,22)(H2,21,23)(H,24,27)(H,29,30,31)/b25-15-. The highest BCUT2D eigenvalue weighted by Crippen LogP contribution is 2.23. The Hall–Kier alpha value is -3.76. The minimum atomic E-state index is -4.73. The molecule has 3 rings (SSSR count). The average Bonchev–Trinajstić information content (AvgIpc) is 3.24. The molecule has 2 unspecified atom stereocenters. The van der Waals surface area contributed by atoms with Crippen molar-refractivity contribution in [2.75, 3.05) is 26.0 Å². The Labute approximate surface area is 204 Å². The number of rotatable bonds is 10. The van der Waals surface area contributed by atoms with E-state index in [1.807, 2.05) is 0 Å². The van der Waals surface area contributed by atoms with Crippen LogP contribution in [-0.2, 0) is 24.7 Å². The summed E-state index contributed by atoms with van der Waals surface area (Å²) < 4.78 is 37.4. The van der Waals surface area contributed by atoms with Crippen molar-refractivity contribution in [3.05, 3.63) is 40.9 Å². The number of carbonyl (C=O) groups is 2. The molecule has 1 aromatic carbocycles. The van der Waals surface area contributed by atoms with E-state index >= 15 is 0 Å². The molecule has 0 radical (unpaired) electrons. The minimum Gasteiger partial charge on any atom is -0.490 e. The number of nitrogen functional groups attached to an aromatic ring is 1. The lowest BCUT2D eigenvalue weighted by Gasteiger charge is -2.42. The summed E-state index contributed by atoms with van der Waals surface area (Å²) >= 11 is 1.06. The van der Waals surface area contributed by atoms with Crippen LogP contribution in [0.5, 0.6) is 5.75 Å². The normalized spacial score (nSPS) is 18.0. The maximum absolute atomic E-state index is 12.8. The van der Waals surface area contributed by atoms with Gasteiger partial charge in [0.05, 0.1) is 6.04 Å². The highest BCUT2D eigenvalue weighted by molar-refractivity contribution is 7.84. The topological polar surface area (TPSA) is 209 Å². The van der Waals surface area contributed by atoms with Crippen molar-refractivity contribution < 1.29 is 32.1 Å². The van der Waals surface area contributed by atoms with Gasteiger partial charge in [0.15, 0.2) is 17.5 Å². The van der Waals surface area contributed by atoms with Gasteiger partial charge in [-0.15, -0.1) is 11.3 Å². The molecule has 16 heteroatoms. The molecule has 6 N–H and O–H groups in total. The van der Waals surface area contributed by atoms with E-state index < -0.39 is 34.2 Å². The number of β-lactam (4-membered cyclic amide) rings is 1. The van der Waals surface area contributed by atoms with Gasteiger partial charge in [-0.1, -0.05) is 5.16 Å². The largest absolute Gasteiger partial charge is 0.490 e. The fourth-order valence-corrected chi connectivity index (χ4v) is 4.51. The second-order valence-electron chi connectivity index (χ2n) is 7.15. The summed E-state index contributed by atoms with van der Waals surface area (Å²) in [5.41, 5.74) is 6.14. The summed E-state index contributed by atoms with van der Waals surface area (Å²) in [5, 5.41) is 18.3. The fourth-order valence-electron chi connectivity index (χ4n) is 3.08. The Morgan fingerprint density at radius 2 is 2.03 bits per heavy atom. The molecule has 0 aliphatic carbocycles.